The van der Waals surface area contributed by atoms with Gasteiger partial charge in [0.15, 0.2) is 5.13 Å². The van der Waals surface area contributed by atoms with Crippen LogP contribution in [0.1, 0.15) is 37.7 Å². The van der Waals surface area contributed by atoms with E-state index < -0.39 is 6.04 Å². The van der Waals surface area contributed by atoms with Crippen molar-refractivity contribution in [3.63, 3.8) is 0 Å². The van der Waals surface area contributed by atoms with Crippen LogP contribution >= 0.6 is 22.9 Å². The summed E-state index contributed by atoms with van der Waals surface area (Å²) >= 11 is 7.66. The highest BCUT2D eigenvalue weighted by Gasteiger charge is 2.39. The number of hydrogen-bond acceptors (Lipinski definition) is 4. The number of thiazole rings is 1. The van der Waals surface area contributed by atoms with Crippen LogP contribution in [0.3, 0.4) is 0 Å². The Morgan fingerprint density at radius 3 is 2.92 bits per heavy atom. The molecule has 0 spiro atoms. The minimum atomic E-state index is -0.533. The van der Waals surface area contributed by atoms with Gasteiger partial charge in [-0.3, -0.25) is 14.5 Å². The second-order valence-corrected chi connectivity index (χ2v) is 8.21. The van der Waals surface area contributed by atoms with Gasteiger partial charge in [0.1, 0.15) is 6.04 Å². The first-order chi connectivity index (χ1) is 12.6. The molecule has 1 aromatic carbocycles. The molecule has 2 amide bonds. The third-order valence-corrected chi connectivity index (χ3v) is 6.30. The number of nitrogens with one attached hydrogen (secondary N) is 1. The molecule has 1 aliphatic heterocycles. The van der Waals surface area contributed by atoms with Crippen LogP contribution in [-0.4, -0.2) is 22.8 Å². The molecule has 4 rings (SSSR count). The molecule has 0 bridgehead atoms. The first kappa shape index (κ1) is 17.5. The molecule has 7 heteroatoms. The normalized spacial score (nSPS) is 18.2. The second kappa shape index (κ2) is 7.37. The van der Waals surface area contributed by atoms with Gasteiger partial charge in [-0.05, 0) is 24.5 Å². The molecular weight excluding hydrogens is 370 g/mol. The molecule has 26 heavy (non-hydrogen) atoms. The van der Waals surface area contributed by atoms with E-state index in [1.54, 1.807) is 17.2 Å². The van der Waals surface area contributed by atoms with Crippen LogP contribution in [0.4, 0.5) is 10.8 Å². The zero-order chi connectivity index (χ0) is 18.1. The SMILES string of the molecule is O=C(Nc1nccs1)C(CC1CCCC1)N1C(=O)Cc2c(Cl)cccc21. The lowest BCUT2D eigenvalue weighted by atomic mass is 9.96. The number of anilines is 2. The van der Waals surface area contributed by atoms with Crippen LogP contribution in [0, 0.1) is 5.92 Å². The molecular formula is C19H20ClN3O2S. The minimum Gasteiger partial charge on any atom is -0.300 e. The third-order valence-electron chi connectivity index (χ3n) is 5.26. The van der Waals surface area contributed by atoms with Crippen molar-refractivity contribution < 1.29 is 9.59 Å². The summed E-state index contributed by atoms with van der Waals surface area (Å²) in [6.07, 6.45) is 7.21. The highest BCUT2D eigenvalue weighted by Crippen LogP contribution is 2.38. The summed E-state index contributed by atoms with van der Waals surface area (Å²) in [7, 11) is 0. The molecule has 2 heterocycles. The molecule has 136 valence electrons. The lowest BCUT2D eigenvalue weighted by Crippen LogP contribution is -2.47. The molecule has 5 nitrogen and oxygen atoms in total. The molecule has 2 aromatic rings. The van der Waals surface area contributed by atoms with Gasteiger partial charge in [0.25, 0.3) is 0 Å². The van der Waals surface area contributed by atoms with E-state index in [-0.39, 0.29) is 18.2 Å². The molecule has 0 saturated heterocycles. The van der Waals surface area contributed by atoms with Gasteiger partial charge in [-0.15, -0.1) is 11.3 Å². The molecule has 1 fully saturated rings. The fourth-order valence-corrected chi connectivity index (χ4v) is 4.79. The molecule has 1 unspecified atom stereocenters. The summed E-state index contributed by atoms with van der Waals surface area (Å²) in [5, 5.41) is 5.84. The Hall–Kier alpha value is -1.92. The summed E-state index contributed by atoms with van der Waals surface area (Å²) in [5.74, 6) is 0.233. The Morgan fingerprint density at radius 1 is 1.38 bits per heavy atom. The van der Waals surface area contributed by atoms with Crippen molar-refractivity contribution in [2.45, 2.75) is 44.6 Å². The first-order valence-corrected chi connectivity index (χ1v) is 10.2. The van der Waals surface area contributed by atoms with Gasteiger partial charge >= 0.3 is 0 Å². The summed E-state index contributed by atoms with van der Waals surface area (Å²) < 4.78 is 0. The van der Waals surface area contributed by atoms with Crippen LogP contribution in [0.25, 0.3) is 0 Å². The quantitative estimate of drug-likeness (QED) is 0.830. The van der Waals surface area contributed by atoms with Gasteiger partial charge in [0, 0.05) is 27.9 Å². The Labute approximate surface area is 161 Å². The lowest BCUT2D eigenvalue weighted by Gasteiger charge is -2.29. The van der Waals surface area contributed by atoms with Gasteiger partial charge in [0.05, 0.1) is 6.42 Å². The molecule has 0 radical (unpaired) electrons. The molecule has 1 saturated carbocycles. The van der Waals surface area contributed by atoms with Crippen molar-refractivity contribution in [2.75, 3.05) is 10.2 Å². The first-order valence-electron chi connectivity index (χ1n) is 8.93. The summed E-state index contributed by atoms with van der Waals surface area (Å²) in [5.41, 5.74) is 1.58. The fraction of sp³-hybridized carbons (Fsp3) is 0.421. The second-order valence-electron chi connectivity index (χ2n) is 6.91. The van der Waals surface area contributed by atoms with Crippen LogP contribution in [0.15, 0.2) is 29.8 Å². The van der Waals surface area contributed by atoms with E-state index in [0.29, 0.717) is 22.5 Å². The number of rotatable bonds is 5. The van der Waals surface area contributed by atoms with E-state index >= 15 is 0 Å². The Kier molecular flexibility index (Phi) is 4.96. The maximum absolute atomic E-state index is 13.1. The number of aromatic nitrogens is 1. The number of halogens is 1. The predicted octanol–water partition coefficient (Wildman–Crippen LogP) is 4.27. The van der Waals surface area contributed by atoms with Gasteiger partial charge in [-0.1, -0.05) is 43.4 Å². The predicted molar refractivity (Wildman–Crippen MR) is 104 cm³/mol. The number of carbonyl (C=O) groups is 2. The minimum absolute atomic E-state index is 0.0645. The average molecular weight is 390 g/mol. The number of carbonyl (C=O) groups excluding carboxylic acids is 2. The van der Waals surface area contributed by atoms with E-state index in [1.165, 1.54) is 24.2 Å². The third kappa shape index (κ3) is 3.35. The largest absolute Gasteiger partial charge is 0.300 e. The van der Waals surface area contributed by atoms with Gasteiger partial charge < -0.3 is 5.32 Å². The maximum atomic E-state index is 13.1. The topological polar surface area (TPSA) is 62.3 Å². The van der Waals surface area contributed by atoms with Crippen LogP contribution in [0.2, 0.25) is 5.02 Å². The standard InChI is InChI=1S/C19H20ClN3O2S/c20-14-6-3-7-15-13(14)11-17(24)23(15)16(10-12-4-1-2-5-12)18(25)22-19-21-8-9-26-19/h3,6-9,12,16H,1-2,4-5,10-11H2,(H,21,22,25). The van der Waals surface area contributed by atoms with E-state index in [9.17, 15) is 9.59 Å². The zero-order valence-electron chi connectivity index (χ0n) is 14.3. The van der Waals surface area contributed by atoms with Gasteiger partial charge in [0.2, 0.25) is 11.8 Å². The van der Waals surface area contributed by atoms with E-state index in [4.69, 9.17) is 11.6 Å². The van der Waals surface area contributed by atoms with E-state index in [1.807, 2.05) is 17.5 Å². The molecule has 1 aromatic heterocycles. The summed E-state index contributed by atoms with van der Waals surface area (Å²) in [4.78, 5) is 31.6. The van der Waals surface area contributed by atoms with Gasteiger partial charge in [-0.25, -0.2) is 4.98 Å². The molecule has 1 atom stereocenters. The zero-order valence-corrected chi connectivity index (χ0v) is 15.9. The van der Waals surface area contributed by atoms with Crippen molar-refractivity contribution >= 4 is 45.6 Å². The van der Waals surface area contributed by atoms with Crippen molar-refractivity contribution in [3.05, 3.63) is 40.4 Å². The number of fused-ring (bicyclic) bond motifs is 1. The fourth-order valence-electron chi connectivity index (χ4n) is 4.03. The Morgan fingerprint density at radius 2 is 2.19 bits per heavy atom. The monoisotopic (exact) mass is 389 g/mol. The van der Waals surface area contributed by atoms with Crippen molar-refractivity contribution in [1.82, 2.24) is 4.98 Å². The number of amides is 2. The smallest absolute Gasteiger partial charge is 0.249 e. The van der Waals surface area contributed by atoms with E-state index in [0.717, 1.165) is 24.1 Å². The number of nitrogens with zero attached hydrogens (tertiary/aromatic N) is 2. The van der Waals surface area contributed by atoms with Crippen molar-refractivity contribution in [2.24, 2.45) is 5.92 Å². The van der Waals surface area contributed by atoms with Crippen molar-refractivity contribution in [3.8, 4) is 0 Å². The molecule has 1 aliphatic carbocycles. The molecule has 1 N–H and O–H groups in total. The summed E-state index contributed by atoms with van der Waals surface area (Å²) in [6, 6.07) is 4.97. The van der Waals surface area contributed by atoms with Crippen LogP contribution in [0.5, 0.6) is 0 Å². The lowest BCUT2D eigenvalue weighted by molar-refractivity contribution is -0.123. The Balaban J connectivity index is 1.65. The van der Waals surface area contributed by atoms with E-state index in [2.05, 4.69) is 10.3 Å². The van der Waals surface area contributed by atoms with Crippen LogP contribution in [-0.2, 0) is 16.0 Å². The Bertz CT molecular complexity index is 818. The number of benzene rings is 1. The van der Waals surface area contributed by atoms with Crippen LogP contribution < -0.4 is 10.2 Å². The highest BCUT2D eigenvalue weighted by molar-refractivity contribution is 7.13. The highest BCUT2D eigenvalue weighted by atomic mass is 35.5. The average Bonchev–Trinajstić information content (AvgIpc) is 3.35. The maximum Gasteiger partial charge on any atom is 0.249 e. The number of hydrogen-bond donors (Lipinski definition) is 1. The van der Waals surface area contributed by atoms with Crippen molar-refractivity contribution in [1.29, 1.82) is 0 Å². The molecule has 2 aliphatic rings. The van der Waals surface area contributed by atoms with Gasteiger partial charge in [-0.2, -0.15) is 0 Å². The summed E-state index contributed by atoms with van der Waals surface area (Å²) in [6.45, 7) is 0.